The Bertz CT molecular complexity index is 1090. The van der Waals surface area contributed by atoms with Gasteiger partial charge in [-0.2, -0.15) is 0 Å². The number of carbonyl (C=O) groups is 3. The fraction of sp³-hybridized carbons (Fsp3) is 0.238. The van der Waals surface area contributed by atoms with Crippen molar-refractivity contribution < 1.29 is 18.8 Å². The van der Waals surface area contributed by atoms with Crippen LogP contribution in [-0.4, -0.2) is 58.8 Å². The van der Waals surface area contributed by atoms with Crippen LogP contribution >= 0.6 is 23.8 Å². The number of benzene rings is 1. The van der Waals surface area contributed by atoms with E-state index in [1.807, 2.05) is 11.8 Å². The molecule has 2 saturated heterocycles. The molecule has 31 heavy (non-hydrogen) atoms. The molecule has 2 aromatic rings. The largest absolute Gasteiger partial charge is 0.459 e. The lowest BCUT2D eigenvalue weighted by molar-refractivity contribution is -0.122. The van der Waals surface area contributed by atoms with Crippen molar-refractivity contribution in [3.63, 3.8) is 0 Å². The zero-order chi connectivity index (χ0) is 22.1. The van der Waals surface area contributed by atoms with Gasteiger partial charge in [-0.3, -0.25) is 24.6 Å². The topological polar surface area (TPSA) is 86.1 Å². The number of hydrogen-bond acceptors (Lipinski definition) is 6. The summed E-state index contributed by atoms with van der Waals surface area (Å²) in [5.74, 6) is -0.979. The van der Waals surface area contributed by atoms with Gasteiger partial charge in [0.25, 0.3) is 17.7 Å². The Morgan fingerprint density at radius 3 is 2.58 bits per heavy atom. The summed E-state index contributed by atoms with van der Waals surface area (Å²) in [6.07, 6.45) is 2.98. The lowest BCUT2D eigenvalue weighted by atomic mass is 10.1. The highest BCUT2D eigenvalue weighted by Gasteiger charge is 2.35. The van der Waals surface area contributed by atoms with E-state index in [1.54, 1.807) is 35.2 Å². The second-order valence-corrected chi connectivity index (χ2v) is 7.98. The van der Waals surface area contributed by atoms with Crippen LogP contribution in [0.2, 0.25) is 5.02 Å². The minimum Gasteiger partial charge on any atom is -0.459 e. The number of amides is 3. The fourth-order valence-corrected chi connectivity index (χ4v) is 3.85. The van der Waals surface area contributed by atoms with Crippen molar-refractivity contribution in [1.82, 2.24) is 15.1 Å². The molecule has 0 aliphatic carbocycles. The van der Waals surface area contributed by atoms with Gasteiger partial charge in [-0.25, -0.2) is 0 Å². The first kappa shape index (κ1) is 21.1. The Morgan fingerprint density at radius 2 is 1.94 bits per heavy atom. The summed E-state index contributed by atoms with van der Waals surface area (Å²) in [5, 5.41) is 3.05. The molecule has 0 atom stereocenters. The van der Waals surface area contributed by atoms with E-state index in [2.05, 4.69) is 5.32 Å². The number of rotatable bonds is 3. The standard InChI is InChI=1S/C21H19ClN4O4S/c1-13-4-5-14(11-16(13)22)26-19(28)15(18(27)23-21(26)31)12-24-6-8-25(9-7-24)20(29)17-3-2-10-30-17/h2-5,10-12H,6-9H2,1H3,(H,23,27,31). The smallest absolute Gasteiger partial charge is 0.289 e. The molecule has 0 radical (unpaired) electrons. The number of piperazine rings is 1. The van der Waals surface area contributed by atoms with Gasteiger partial charge < -0.3 is 14.2 Å². The first-order chi connectivity index (χ1) is 14.8. The molecule has 3 heterocycles. The average molecular weight is 459 g/mol. The van der Waals surface area contributed by atoms with E-state index in [4.69, 9.17) is 28.2 Å². The average Bonchev–Trinajstić information content (AvgIpc) is 3.28. The summed E-state index contributed by atoms with van der Waals surface area (Å²) < 4.78 is 5.16. The molecule has 0 bridgehead atoms. The van der Waals surface area contributed by atoms with E-state index in [0.717, 1.165) is 5.56 Å². The Kier molecular flexibility index (Phi) is 5.79. The molecular formula is C21H19ClN4O4S. The lowest BCUT2D eigenvalue weighted by Crippen LogP contribution is -2.55. The second-order valence-electron chi connectivity index (χ2n) is 7.18. The summed E-state index contributed by atoms with van der Waals surface area (Å²) in [6.45, 7) is 3.67. The SMILES string of the molecule is Cc1ccc(N2C(=O)C(=CN3CCN(C(=O)c4ccco4)CC3)C(=O)NC2=S)cc1Cl. The monoisotopic (exact) mass is 458 g/mol. The molecule has 8 nitrogen and oxygen atoms in total. The van der Waals surface area contributed by atoms with Crippen LogP contribution in [0.3, 0.4) is 0 Å². The number of nitrogens with zero attached hydrogens (tertiary/aromatic N) is 3. The van der Waals surface area contributed by atoms with Gasteiger partial charge in [0.2, 0.25) is 0 Å². The molecule has 1 N–H and O–H groups in total. The van der Waals surface area contributed by atoms with Crippen molar-refractivity contribution in [3.8, 4) is 0 Å². The maximum atomic E-state index is 13.1. The molecule has 0 saturated carbocycles. The third-order valence-corrected chi connectivity index (χ3v) is 5.85. The minimum absolute atomic E-state index is 0.000864. The van der Waals surface area contributed by atoms with Crippen LogP contribution in [0.1, 0.15) is 16.1 Å². The molecule has 0 spiro atoms. The Hall–Kier alpha value is -3.17. The number of halogens is 1. The summed E-state index contributed by atoms with van der Waals surface area (Å²) in [7, 11) is 0. The molecular weight excluding hydrogens is 440 g/mol. The highest BCUT2D eigenvalue weighted by atomic mass is 35.5. The zero-order valence-corrected chi connectivity index (χ0v) is 18.2. The summed E-state index contributed by atoms with van der Waals surface area (Å²) >= 11 is 11.4. The van der Waals surface area contributed by atoms with E-state index < -0.39 is 11.8 Å². The van der Waals surface area contributed by atoms with Gasteiger partial charge in [0.1, 0.15) is 5.57 Å². The first-order valence-electron chi connectivity index (χ1n) is 9.59. The number of aryl methyl sites for hydroxylation is 1. The van der Waals surface area contributed by atoms with Crippen LogP contribution in [0.25, 0.3) is 0 Å². The molecule has 2 aliphatic rings. The van der Waals surface area contributed by atoms with Crippen LogP contribution in [-0.2, 0) is 9.59 Å². The predicted molar refractivity (Wildman–Crippen MR) is 119 cm³/mol. The summed E-state index contributed by atoms with van der Waals surface area (Å²) in [5.41, 5.74) is 1.31. The number of hydrogen-bond donors (Lipinski definition) is 1. The van der Waals surface area contributed by atoms with Crippen LogP contribution in [0.5, 0.6) is 0 Å². The minimum atomic E-state index is -0.557. The lowest BCUT2D eigenvalue weighted by Gasteiger charge is -2.35. The third-order valence-electron chi connectivity index (χ3n) is 5.16. The quantitative estimate of drug-likeness (QED) is 0.431. The molecule has 10 heteroatoms. The van der Waals surface area contributed by atoms with Crippen LogP contribution in [0.15, 0.2) is 52.8 Å². The van der Waals surface area contributed by atoms with Crippen molar-refractivity contribution in [1.29, 1.82) is 0 Å². The van der Waals surface area contributed by atoms with Crippen LogP contribution in [0, 0.1) is 6.92 Å². The third kappa shape index (κ3) is 4.19. The summed E-state index contributed by atoms with van der Waals surface area (Å²) in [4.78, 5) is 42.7. The predicted octanol–water partition coefficient (Wildman–Crippen LogP) is 2.33. The van der Waals surface area contributed by atoms with Crippen molar-refractivity contribution in [3.05, 3.63) is 64.7 Å². The molecule has 2 aliphatic heterocycles. The molecule has 4 rings (SSSR count). The second kappa shape index (κ2) is 8.52. The molecule has 3 amide bonds. The van der Waals surface area contributed by atoms with Gasteiger partial charge in [-0.15, -0.1) is 0 Å². The van der Waals surface area contributed by atoms with Gasteiger partial charge in [-0.05, 0) is 49.0 Å². The number of furan rings is 1. The van der Waals surface area contributed by atoms with Crippen molar-refractivity contribution in [2.75, 3.05) is 31.1 Å². The van der Waals surface area contributed by atoms with Gasteiger partial charge in [0.05, 0.1) is 12.0 Å². The van der Waals surface area contributed by atoms with E-state index in [1.165, 1.54) is 17.4 Å². The van der Waals surface area contributed by atoms with Gasteiger partial charge in [-0.1, -0.05) is 17.7 Å². The Labute approximate surface area is 189 Å². The summed E-state index contributed by atoms with van der Waals surface area (Å²) in [6, 6.07) is 8.42. The van der Waals surface area contributed by atoms with Gasteiger partial charge in [0.15, 0.2) is 10.9 Å². The maximum Gasteiger partial charge on any atom is 0.289 e. The van der Waals surface area contributed by atoms with E-state index in [0.29, 0.717) is 36.9 Å². The van der Waals surface area contributed by atoms with Gasteiger partial charge >= 0.3 is 0 Å². The molecule has 160 valence electrons. The number of thiocarbonyl (C=S) groups is 1. The Balaban J connectivity index is 1.50. The van der Waals surface area contributed by atoms with Crippen LogP contribution < -0.4 is 10.2 Å². The van der Waals surface area contributed by atoms with E-state index in [9.17, 15) is 14.4 Å². The van der Waals surface area contributed by atoms with Crippen molar-refractivity contribution in [2.24, 2.45) is 0 Å². The Morgan fingerprint density at radius 1 is 1.19 bits per heavy atom. The number of carbonyl (C=O) groups excluding carboxylic acids is 3. The van der Waals surface area contributed by atoms with Gasteiger partial charge in [0, 0.05) is 37.4 Å². The van der Waals surface area contributed by atoms with E-state index >= 15 is 0 Å². The molecule has 1 aromatic carbocycles. The normalized spacial score (nSPS) is 18.6. The molecule has 1 aromatic heterocycles. The zero-order valence-electron chi connectivity index (χ0n) is 16.6. The fourth-order valence-electron chi connectivity index (χ4n) is 3.39. The van der Waals surface area contributed by atoms with E-state index in [-0.39, 0.29) is 22.4 Å². The van der Waals surface area contributed by atoms with Crippen LogP contribution in [0.4, 0.5) is 5.69 Å². The molecule has 2 fully saturated rings. The number of anilines is 1. The van der Waals surface area contributed by atoms with Crippen molar-refractivity contribution >= 4 is 52.3 Å². The maximum absolute atomic E-state index is 13.1. The highest BCUT2D eigenvalue weighted by molar-refractivity contribution is 7.80. The first-order valence-corrected chi connectivity index (χ1v) is 10.4. The molecule has 0 unspecified atom stereocenters. The number of nitrogens with one attached hydrogen (secondary N) is 1. The van der Waals surface area contributed by atoms with Crippen molar-refractivity contribution in [2.45, 2.75) is 6.92 Å². The highest BCUT2D eigenvalue weighted by Crippen LogP contribution is 2.26.